The zero-order valence-electron chi connectivity index (χ0n) is 19.2. The Kier molecular flexibility index (Phi) is 6.54. The third-order valence-corrected chi connectivity index (χ3v) is 5.86. The van der Waals surface area contributed by atoms with Gasteiger partial charge >= 0.3 is 17.6 Å². The van der Waals surface area contributed by atoms with Gasteiger partial charge in [0.15, 0.2) is 13.2 Å². The maximum atomic E-state index is 12.5. The first-order valence-electron chi connectivity index (χ1n) is 11.1. The van der Waals surface area contributed by atoms with E-state index in [1.54, 1.807) is 32.9 Å². The summed E-state index contributed by atoms with van der Waals surface area (Å²) in [6.45, 7) is 4.27. The first-order chi connectivity index (χ1) is 16.3. The van der Waals surface area contributed by atoms with Crippen molar-refractivity contribution in [3.8, 4) is 5.75 Å². The molecule has 9 heteroatoms. The quantitative estimate of drug-likeness (QED) is 0.304. The molecule has 1 aliphatic rings. The number of benzene rings is 1. The Hall–Kier alpha value is -3.88. The summed E-state index contributed by atoms with van der Waals surface area (Å²) in [5.74, 6) is -1.40. The molecule has 178 valence electrons. The topological polar surface area (TPSA) is 125 Å². The monoisotopic (exact) mass is 467 g/mol. The predicted octanol–water partition coefficient (Wildman–Crippen LogP) is 3.21. The summed E-state index contributed by atoms with van der Waals surface area (Å²) in [6, 6.07) is 5.07. The van der Waals surface area contributed by atoms with Crippen LogP contribution in [0.2, 0.25) is 0 Å². The Morgan fingerprint density at radius 2 is 1.82 bits per heavy atom. The SMILES string of the molecule is CCOC(=O)c1c(C)[nH]c(C(=O)COC(=O)COc2ccc3c4c(c(=O)oc3c2)CCC4)c1C. The van der Waals surface area contributed by atoms with Gasteiger partial charge in [0.2, 0.25) is 5.78 Å². The van der Waals surface area contributed by atoms with Gasteiger partial charge in [-0.3, -0.25) is 4.79 Å². The van der Waals surface area contributed by atoms with Crippen LogP contribution in [0.3, 0.4) is 0 Å². The van der Waals surface area contributed by atoms with Crippen LogP contribution >= 0.6 is 0 Å². The van der Waals surface area contributed by atoms with E-state index in [9.17, 15) is 19.2 Å². The molecule has 9 nitrogen and oxygen atoms in total. The van der Waals surface area contributed by atoms with E-state index in [1.165, 1.54) is 0 Å². The molecule has 1 aromatic carbocycles. The number of aryl methyl sites for hydroxylation is 2. The third kappa shape index (κ3) is 4.46. The molecule has 2 heterocycles. The van der Waals surface area contributed by atoms with Gasteiger partial charge in [-0.2, -0.15) is 0 Å². The molecule has 3 aromatic rings. The van der Waals surface area contributed by atoms with Gasteiger partial charge in [-0.1, -0.05) is 0 Å². The van der Waals surface area contributed by atoms with E-state index in [4.69, 9.17) is 18.6 Å². The summed E-state index contributed by atoms with van der Waals surface area (Å²) in [7, 11) is 0. The third-order valence-electron chi connectivity index (χ3n) is 5.86. The van der Waals surface area contributed by atoms with Crippen molar-refractivity contribution in [2.75, 3.05) is 19.8 Å². The summed E-state index contributed by atoms with van der Waals surface area (Å²) in [6.07, 6.45) is 2.48. The Balaban J connectivity index is 1.36. The molecular formula is C25H25NO8. The molecule has 0 spiro atoms. The molecule has 0 amide bonds. The highest BCUT2D eigenvalue weighted by molar-refractivity contribution is 6.02. The number of ether oxygens (including phenoxy) is 3. The molecule has 0 fully saturated rings. The van der Waals surface area contributed by atoms with Gasteiger partial charge < -0.3 is 23.6 Å². The zero-order chi connectivity index (χ0) is 24.4. The van der Waals surface area contributed by atoms with E-state index in [0.717, 1.165) is 35.8 Å². The van der Waals surface area contributed by atoms with Crippen molar-refractivity contribution in [3.05, 3.63) is 62.3 Å². The summed E-state index contributed by atoms with van der Waals surface area (Å²) < 4.78 is 20.9. The predicted molar refractivity (Wildman–Crippen MR) is 122 cm³/mol. The van der Waals surface area contributed by atoms with Gasteiger partial charge in [0.25, 0.3) is 0 Å². The lowest BCUT2D eigenvalue weighted by molar-refractivity contribution is -0.144. The fraction of sp³-hybridized carbons (Fsp3) is 0.360. The van der Waals surface area contributed by atoms with E-state index < -0.39 is 30.9 Å². The van der Waals surface area contributed by atoms with Crippen molar-refractivity contribution in [2.24, 2.45) is 0 Å². The minimum atomic E-state index is -0.740. The van der Waals surface area contributed by atoms with Gasteiger partial charge in [0, 0.05) is 22.7 Å². The number of hydrogen-bond donors (Lipinski definition) is 1. The van der Waals surface area contributed by atoms with Gasteiger partial charge in [-0.05, 0) is 63.3 Å². The Morgan fingerprint density at radius 3 is 2.59 bits per heavy atom. The molecule has 0 aliphatic heterocycles. The normalized spacial score (nSPS) is 12.4. The second-order valence-corrected chi connectivity index (χ2v) is 8.08. The number of carbonyl (C=O) groups is 3. The molecule has 0 saturated carbocycles. The van der Waals surface area contributed by atoms with E-state index in [-0.39, 0.29) is 17.9 Å². The number of carbonyl (C=O) groups excluding carboxylic acids is 3. The van der Waals surface area contributed by atoms with Crippen LogP contribution in [0.15, 0.2) is 27.4 Å². The summed E-state index contributed by atoms with van der Waals surface area (Å²) in [4.78, 5) is 51.7. The molecule has 0 saturated heterocycles. The van der Waals surface area contributed by atoms with Gasteiger partial charge in [-0.15, -0.1) is 0 Å². The van der Waals surface area contributed by atoms with Crippen LogP contribution in [0, 0.1) is 13.8 Å². The number of ketones is 1. The maximum Gasteiger partial charge on any atom is 0.344 e. The average Bonchev–Trinajstić information content (AvgIpc) is 3.41. The Labute approximate surface area is 195 Å². The second-order valence-electron chi connectivity index (χ2n) is 8.08. The van der Waals surface area contributed by atoms with E-state index >= 15 is 0 Å². The Bertz CT molecular complexity index is 1350. The number of fused-ring (bicyclic) bond motifs is 3. The van der Waals surface area contributed by atoms with Crippen LogP contribution < -0.4 is 10.4 Å². The zero-order valence-corrected chi connectivity index (χ0v) is 19.2. The molecule has 4 rings (SSSR count). The summed E-state index contributed by atoms with van der Waals surface area (Å²) in [5.41, 5.74) is 3.24. The largest absolute Gasteiger partial charge is 0.482 e. The van der Waals surface area contributed by atoms with Crippen LogP contribution in [-0.2, 0) is 27.1 Å². The molecule has 0 bridgehead atoms. The van der Waals surface area contributed by atoms with Crippen molar-refractivity contribution < 1.29 is 33.0 Å². The number of H-pyrrole nitrogens is 1. The number of Topliss-reactive ketones (excluding diaryl/α,β-unsaturated/α-hetero) is 1. The number of esters is 2. The molecule has 2 aromatic heterocycles. The second kappa shape index (κ2) is 9.54. The first-order valence-corrected chi connectivity index (χ1v) is 11.1. The van der Waals surface area contributed by atoms with Crippen molar-refractivity contribution in [1.82, 2.24) is 4.98 Å². The minimum Gasteiger partial charge on any atom is -0.482 e. The van der Waals surface area contributed by atoms with Crippen LogP contribution in [0.5, 0.6) is 5.75 Å². The van der Waals surface area contributed by atoms with Crippen molar-refractivity contribution >= 4 is 28.7 Å². The number of hydrogen-bond acceptors (Lipinski definition) is 8. The van der Waals surface area contributed by atoms with Crippen LogP contribution in [0.4, 0.5) is 0 Å². The maximum absolute atomic E-state index is 12.5. The molecule has 34 heavy (non-hydrogen) atoms. The fourth-order valence-corrected chi connectivity index (χ4v) is 4.29. The van der Waals surface area contributed by atoms with Crippen molar-refractivity contribution in [2.45, 2.75) is 40.0 Å². The van der Waals surface area contributed by atoms with E-state index in [0.29, 0.717) is 28.2 Å². The van der Waals surface area contributed by atoms with Crippen LogP contribution in [-0.4, -0.2) is 42.5 Å². The lowest BCUT2D eigenvalue weighted by Gasteiger charge is -2.09. The van der Waals surface area contributed by atoms with Crippen molar-refractivity contribution in [1.29, 1.82) is 0 Å². The molecule has 0 atom stereocenters. The highest BCUT2D eigenvalue weighted by Crippen LogP contribution is 2.29. The highest BCUT2D eigenvalue weighted by atomic mass is 16.6. The molecule has 0 radical (unpaired) electrons. The average molecular weight is 467 g/mol. The van der Waals surface area contributed by atoms with Gasteiger partial charge in [0.05, 0.1) is 17.9 Å². The Morgan fingerprint density at radius 1 is 1.06 bits per heavy atom. The van der Waals surface area contributed by atoms with Gasteiger partial charge in [-0.25, -0.2) is 14.4 Å². The minimum absolute atomic E-state index is 0.186. The van der Waals surface area contributed by atoms with Crippen molar-refractivity contribution in [3.63, 3.8) is 0 Å². The lowest BCUT2D eigenvalue weighted by atomic mass is 10.1. The lowest BCUT2D eigenvalue weighted by Crippen LogP contribution is -2.20. The smallest absolute Gasteiger partial charge is 0.344 e. The molecular weight excluding hydrogens is 442 g/mol. The standard InChI is InChI=1S/C25H25NO8/c1-4-31-25(30)22-13(2)23(26-14(22)3)19(27)11-33-21(28)12-32-15-8-9-17-16-6-5-7-18(16)24(29)34-20(17)10-15/h8-10,26H,4-7,11-12H2,1-3H3. The summed E-state index contributed by atoms with van der Waals surface area (Å²) >= 11 is 0. The van der Waals surface area contributed by atoms with Crippen LogP contribution in [0.1, 0.15) is 56.6 Å². The number of rotatable bonds is 8. The highest BCUT2D eigenvalue weighted by Gasteiger charge is 2.24. The number of aromatic nitrogens is 1. The fourth-order valence-electron chi connectivity index (χ4n) is 4.29. The van der Waals surface area contributed by atoms with Crippen LogP contribution in [0.25, 0.3) is 11.0 Å². The molecule has 0 unspecified atom stereocenters. The van der Waals surface area contributed by atoms with E-state index in [1.807, 2.05) is 6.07 Å². The van der Waals surface area contributed by atoms with E-state index in [2.05, 4.69) is 4.98 Å². The van der Waals surface area contributed by atoms with Gasteiger partial charge in [0.1, 0.15) is 11.3 Å². The number of aromatic amines is 1. The summed E-state index contributed by atoms with van der Waals surface area (Å²) in [5, 5.41) is 0.867. The molecule has 1 N–H and O–H groups in total. The number of nitrogens with one attached hydrogen (secondary N) is 1. The first kappa shape index (κ1) is 23.3. The molecule has 1 aliphatic carbocycles.